The molecular formula is C30H25ClN2O2S. The number of aliphatic imine (C=N–C) groups is 1. The van der Waals surface area contributed by atoms with Crippen molar-refractivity contribution in [3.05, 3.63) is 109 Å². The number of nitrogens with two attached hydrogens (primary N) is 1. The number of rotatable bonds is 5. The van der Waals surface area contributed by atoms with Crippen molar-refractivity contribution in [2.24, 2.45) is 10.7 Å². The molecule has 1 aliphatic heterocycles. The van der Waals surface area contributed by atoms with Crippen LogP contribution in [0.25, 0.3) is 32.7 Å². The van der Waals surface area contributed by atoms with E-state index in [1.807, 2.05) is 66.7 Å². The van der Waals surface area contributed by atoms with E-state index in [0.29, 0.717) is 11.3 Å². The van der Waals surface area contributed by atoms with Crippen LogP contribution in [-0.4, -0.2) is 21.2 Å². The van der Waals surface area contributed by atoms with E-state index in [1.165, 1.54) is 0 Å². The van der Waals surface area contributed by atoms with Gasteiger partial charge in [0.2, 0.25) is 0 Å². The minimum Gasteiger partial charge on any atom is -0.330 e. The molecule has 2 N–H and O–H groups in total. The summed E-state index contributed by atoms with van der Waals surface area (Å²) in [5.74, 6) is 0. The van der Waals surface area contributed by atoms with Gasteiger partial charge in [-0.05, 0) is 69.9 Å². The molecular weight excluding hydrogens is 488 g/mol. The summed E-state index contributed by atoms with van der Waals surface area (Å²) in [6, 6.07) is 33.4. The van der Waals surface area contributed by atoms with Crippen LogP contribution in [0.15, 0.2) is 113 Å². The van der Waals surface area contributed by atoms with E-state index >= 15 is 0 Å². The molecule has 36 heavy (non-hydrogen) atoms. The molecule has 6 heteroatoms. The summed E-state index contributed by atoms with van der Waals surface area (Å²) >= 11 is 0. The molecule has 6 rings (SSSR count). The minimum absolute atomic E-state index is 0. The lowest BCUT2D eigenvalue weighted by atomic mass is 9.91. The molecule has 0 aliphatic carbocycles. The average molecular weight is 513 g/mol. The van der Waals surface area contributed by atoms with Crippen LogP contribution >= 0.6 is 12.4 Å². The Kier molecular flexibility index (Phi) is 6.17. The Labute approximate surface area is 216 Å². The molecule has 1 unspecified atom stereocenters. The standard InChI is InChI=1S/C30H24N2O2S.ClH/c31-17-16-30(35(33,34)25-14-12-21-6-1-2-8-23(21)18-25)20-32-29-15-13-24(19-28(29)30)27-11-5-9-22-7-3-4-10-26(22)27;/h1-15,18-20H,16-17,31H2;1H. The first kappa shape index (κ1) is 24.2. The van der Waals surface area contributed by atoms with Gasteiger partial charge in [0.15, 0.2) is 9.84 Å². The maximum absolute atomic E-state index is 14.3. The molecule has 1 atom stereocenters. The Morgan fingerprint density at radius 1 is 0.750 bits per heavy atom. The van der Waals surface area contributed by atoms with Crippen molar-refractivity contribution in [1.82, 2.24) is 0 Å². The largest absolute Gasteiger partial charge is 0.330 e. The Morgan fingerprint density at radius 3 is 2.28 bits per heavy atom. The van der Waals surface area contributed by atoms with E-state index in [1.54, 1.807) is 18.3 Å². The van der Waals surface area contributed by atoms with Gasteiger partial charge in [-0.25, -0.2) is 8.42 Å². The normalized spacial score (nSPS) is 16.7. The zero-order chi connectivity index (χ0) is 24.0. The first-order chi connectivity index (χ1) is 17.0. The van der Waals surface area contributed by atoms with Gasteiger partial charge in [-0.1, -0.05) is 78.9 Å². The maximum atomic E-state index is 14.3. The number of fused-ring (bicyclic) bond motifs is 3. The Hall–Kier alpha value is -3.51. The van der Waals surface area contributed by atoms with E-state index in [4.69, 9.17) is 5.73 Å². The molecule has 5 aromatic carbocycles. The Balaban J connectivity index is 0.00000267. The van der Waals surface area contributed by atoms with Gasteiger partial charge in [-0.15, -0.1) is 12.4 Å². The fourth-order valence-electron chi connectivity index (χ4n) is 5.18. The third-order valence-electron chi connectivity index (χ3n) is 6.99. The smallest absolute Gasteiger partial charge is 0.193 e. The number of halogens is 1. The quantitative estimate of drug-likeness (QED) is 0.281. The molecule has 4 nitrogen and oxygen atoms in total. The summed E-state index contributed by atoms with van der Waals surface area (Å²) < 4.78 is 27.2. The van der Waals surface area contributed by atoms with Crippen molar-refractivity contribution in [1.29, 1.82) is 0 Å². The highest BCUT2D eigenvalue weighted by Gasteiger charge is 2.48. The first-order valence-electron chi connectivity index (χ1n) is 11.6. The molecule has 0 spiro atoms. The van der Waals surface area contributed by atoms with Crippen molar-refractivity contribution >= 4 is 55.7 Å². The van der Waals surface area contributed by atoms with E-state index in [9.17, 15) is 8.42 Å². The van der Waals surface area contributed by atoms with Crippen LogP contribution in [0.2, 0.25) is 0 Å². The van der Waals surface area contributed by atoms with Crippen LogP contribution in [0.1, 0.15) is 12.0 Å². The molecule has 0 radical (unpaired) electrons. The number of nitrogens with zero attached hydrogens (tertiary/aromatic N) is 1. The lowest BCUT2D eigenvalue weighted by molar-refractivity contribution is 0.561. The first-order valence-corrected chi connectivity index (χ1v) is 13.1. The fraction of sp³-hybridized carbons (Fsp3) is 0.100. The lowest BCUT2D eigenvalue weighted by Crippen LogP contribution is -2.38. The van der Waals surface area contributed by atoms with Crippen LogP contribution in [0.3, 0.4) is 0 Å². The third-order valence-corrected chi connectivity index (χ3v) is 9.35. The zero-order valence-corrected chi connectivity index (χ0v) is 21.1. The van der Waals surface area contributed by atoms with E-state index in [0.717, 1.165) is 32.7 Å². The van der Waals surface area contributed by atoms with Crippen LogP contribution in [0, 0.1) is 0 Å². The summed E-state index contributed by atoms with van der Waals surface area (Å²) in [6.07, 6.45) is 1.83. The molecule has 0 fully saturated rings. The molecule has 0 saturated carbocycles. The predicted molar refractivity (Wildman–Crippen MR) is 151 cm³/mol. The van der Waals surface area contributed by atoms with E-state index in [2.05, 4.69) is 29.3 Å². The van der Waals surface area contributed by atoms with Gasteiger partial charge in [0.1, 0.15) is 4.75 Å². The van der Waals surface area contributed by atoms with Gasteiger partial charge in [0.05, 0.1) is 10.6 Å². The monoisotopic (exact) mass is 512 g/mol. The SMILES string of the molecule is Cl.NCCC1(S(=O)(=O)c2ccc3ccccc3c2)C=Nc2ccc(-c3cccc4ccccc34)cc21. The second kappa shape index (κ2) is 9.17. The Bertz CT molecular complexity index is 1740. The summed E-state index contributed by atoms with van der Waals surface area (Å²) in [6.45, 7) is 0.219. The summed E-state index contributed by atoms with van der Waals surface area (Å²) in [4.78, 5) is 4.84. The lowest BCUT2D eigenvalue weighted by Gasteiger charge is -2.28. The van der Waals surface area contributed by atoms with Crippen molar-refractivity contribution in [3.8, 4) is 11.1 Å². The molecule has 0 bridgehead atoms. The molecule has 0 amide bonds. The van der Waals surface area contributed by atoms with Crippen molar-refractivity contribution in [2.75, 3.05) is 6.54 Å². The van der Waals surface area contributed by atoms with Gasteiger partial charge in [0, 0.05) is 11.8 Å². The summed E-state index contributed by atoms with van der Waals surface area (Å²) in [5, 5.41) is 4.14. The Morgan fingerprint density at radius 2 is 1.47 bits per heavy atom. The number of sulfone groups is 1. The van der Waals surface area contributed by atoms with Gasteiger partial charge in [0.25, 0.3) is 0 Å². The van der Waals surface area contributed by atoms with Gasteiger partial charge >= 0.3 is 0 Å². The average Bonchev–Trinajstić information content (AvgIpc) is 3.27. The molecule has 180 valence electrons. The summed E-state index contributed by atoms with van der Waals surface area (Å²) in [5.41, 5.74) is 9.39. The number of hydrogen-bond donors (Lipinski definition) is 1. The molecule has 0 aromatic heterocycles. The highest BCUT2D eigenvalue weighted by Crippen LogP contribution is 2.47. The van der Waals surface area contributed by atoms with Crippen molar-refractivity contribution < 1.29 is 8.42 Å². The number of hydrogen-bond acceptors (Lipinski definition) is 4. The predicted octanol–water partition coefficient (Wildman–Crippen LogP) is 6.82. The highest BCUT2D eigenvalue weighted by atomic mass is 35.5. The van der Waals surface area contributed by atoms with Gasteiger partial charge in [-0.2, -0.15) is 0 Å². The van der Waals surface area contributed by atoms with E-state index < -0.39 is 14.6 Å². The molecule has 1 aliphatic rings. The second-order valence-electron chi connectivity index (χ2n) is 8.96. The van der Waals surface area contributed by atoms with Crippen LogP contribution < -0.4 is 5.73 Å². The van der Waals surface area contributed by atoms with Crippen molar-refractivity contribution in [3.63, 3.8) is 0 Å². The van der Waals surface area contributed by atoms with Crippen LogP contribution in [0.5, 0.6) is 0 Å². The van der Waals surface area contributed by atoms with Gasteiger partial charge in [-0.3, -0.25) is 4.99 Å². The zero-order valence-electron chi connectivity index (χ0n) is 19.5. The third kappa shape index (κ3) is 3.63. The number of benzene rings is 5. The fourth-order valence-corrected chi connectivity index (χ4v) is 7.16. The highest BCUT2D eigenvalue weighted by molar-refractivity contribution is 7.93. The molecule has 5 aromatic rings. The molecule has 1 heterocycles. The summed E-state index contributed by atoms with van der Waals surface area (Å²) in [7, 11) is -3.84. The van der Waals surface area contributed by atoms with Crippen LogP contribution in [0.4, 0.5) is 5.69 Å². The minimum atomic E-state index is -3.84. The molecule has 0 saturated heterocycles. The second-order valence-corrected chi connectivity index (χ2v) is 11.2. The van der Waals surface area contributed by atoms with E-state index in [-0.39, 0.29) is 30.3 Å². The van der Waals surface area contributed by atoms with Crippen LogP contribution in [-0.2, 0) is 14.6 Å². The van der Waals surface area contributed by atoms with Crippen molar-refractivity contribution in [2.45, 2.75) is 16.1 Å². The topological polar surface area (TPSA) is 72.5 Å². The van der Waals surface area contributed by atoms with Gasteiger partial charge < -0.3 is 5.73 Å². The maximum Gasteiger partial charge on any atom is 0.193 e.